The standard InChI is InChI=1S/C18H25N3O3/c1-2-9-19-10-5-11-20(14-13-19)17(22)8-12-21-15-6-3-4-7-16(15)24-18(21)23/h3-4,6-7H,2,5,8-14H2,1H3. The third-order valence-corrected chi connectivity index (χ3v) is 4.60. The van der Waals surface area contributed by atoms with Crippen LogP contribution in [0.1, 0.15) is 26.2 Å². The quantitative estimate of drug-likeness (QED) is 0.840. The van der Waals surface area contributed by atoms with Crippen molar-refractivity contribution < 1.29 is 9.21 Å². The Hall–Kier alpha value is -2.08. The van der Waals surface area contributed by atoms with E-state index in [0.717, 1.165) is 51.1 Å². The van der Waals surface area contributed by atoms with E-state index < -0.39 is 5.76 Å². The number of carbonyl (C=O) groups excluding carboxylic acids is 1. The van der Waals surface area contributed by atoms with Gasteiger partial charge in [0.2, 0.25) is 5.91 Å². The lowest BCUT2D eigenvalue weighted by Crippen LogP contribution is -2.36. The zero-order valence-electron chi connectivity index (χ0n) is 14.2. The van der Waals surface area contributed by atoms with E-state index in [1.54, 1.807) is 10.6 Å². The number of benzene rings is 1. The van der Waals surface area contributed by atoms with Gasteiger partial charge in [0.15, 0.2) is 5.58 Å². The molecule has 1 fully saturated rings. The second-order valence-corrected chi connectivity index (χ2v) is 6.31. The number of aromatic nitrogens is 1. The smallest absolute Gasteiger partial charge is 0.408 e. The highest BCUT2D eigenvalue weighted by Crippen LogP contribution is 2.13. The first-order valence-corrected chi connectivity index (χ1v) is 8.77. The Labute approximate surface area is 141 Å². The van der Waals surface area contributed by atoms with E-state index in [2.05, 4.69) is 11.8 Å². The number of amides is 1. The molecule has 0 atom stereocenters. The predicted molar refractivity (Wildman–Crippen MR) is 93.0 cm³/mol. The monoisotopic (exact) mass is 331 g/mol. The number of carbonyl (C=O) groups is 1. The van der Waals surface area contributed by atoms with Crippen LogP contribution >= 0.6 is 0 Å². The topological polar surface area (TPSA) is 58.7 Å². The summed E-state index contributed by atoms with van der Waals surface area (Å²) in [5, 5.41) is 0. The van der Waals surface area contributed by atoms with Gasteiger partial charge in [0.25, 0.3) is 0 Å². The summed E-state index contributed by atoms with van der Waals surface area (Å²) in [6.45, 7) is 7.22. The molecule has 0 saturated carbocycles. The van der Waals surface area contributed by atoms with E-state index in [4.69, 9.17) is 4.42 Å². The Morgan fingerprint density at radius 3 is 2.79 bits per heavy atom. The van der Waals surface area contributed by atoms with Gasteiger partial charge in [-0.05, 0) is 38.1 Å². The fourth-order valence-electron chi connectivity index (χ4n) is 3.35. The van der Waals surface area contributed by atoms with Gasteiger partial charge in [-0.15, -0.1) is 0 Å². The first-order valence-electron chi connectivity index (χ1n) is 8.77. The molecular weight excluding hydrogens is 306 g/mol. The SMILES string of the molecule is CCCN1CCCN(C(=O)CCn2c(=O)oc3ccccc32)CC1. The first-order chi connectivity index (χ1) is 11.7. The number of hydrogen-bond donors (Lipinski definition) is 0. The number of para-hydroxylation sites is 2. The predicted octanol–water partition coefficient (Wildman–Crippen LogP) is 1.93. The molecule has 1 saturated heterocycles. The highest BCUT2D eigenvalue weighted by Gasteiger charge is 2.19. The molecule has 6 nitrogen and oxygen atoms in total. The molecule has 0 radical (unpaired) electrons. The highest BCUT2D eigenvalue weighted by atomic mass is 16.4. The fourth-order valence-corrected chi connectivity index (χ4v) is 3.35. The van der Waals surface area contributed by atoms with Crippen LogP contribution in [-0.4, -0.2) is 53.0 Å². The molecule has 2 aromatic rings. The molecular formula is C18H25N3O3. The average molecular weight is 331 g/mol. The van der Waals surface area contributed by atoms with Crippen LogP contribution in [0.3, 0.4) is 0 Å². The summed E-state index contributed by atoms with van der Waals surface area (Å²) in [6.07, 6.45) is 2.49. The van der Waals surface area contributed by atoms with Gasteiger partial charge in [-0.1, -0.05) is 19.1 Å². The molecule has 2 heterocycles. The summed E-state index contributed by atoms with van der Waals surface area (Å²) < 4.78 is 6.76. The van der Waals surface area contributed by atoms with Crippen molar-refractivity contribution in [2.24, 2.45) is 0 Å². The van der Waals surface area contributed by atoms with Crippen LogP contribution < -0.4 is 5.76 Å². The Morgan fingerprint density at radius 2 is 1.96 bits per heavy atom. The van der Waals surface area contributed by atoms with Gasteiger partial charge in [0.1, 0.15) is 0 Å². The number of nitrogens with zero attached hydrogens (tertiary/aromatic N) is 3. The van der Waals surface area contributed by atoms with Crippen molar-refractivity contribution in [3.8, 4) is 0 Å². The first kappa shape index (κ1) is 16.8. The number of fused-ring (bicyclic) bond motifs is 1. The molecule has 0 bridgehead atoms. The van der Waals surface area contributed by atoms with Crippen LogP contribution in [0.4, 0.5) is 0 Å². The van der Waals surface area contributed by atoms with Gasteiger partial charge in [-0.3, -0.25) is 9.36 Å². The average Bonchev–Trinajstić information content (AvgIpc) is 2.74. The molecule has 0 N–H and O–H groups in total. The van der Waals surface area contributed by atoms with Crippen LogP contribution in [-0.2, 0) is 11.3 Å². The van der Waals surface area contributed by atoms with Crippen LogP contribution in [0.5, 0.6) is 0 Å². The molecule has 24 heavy (non-hydrogen) atoms. The molecule has 0 aliphatic carbocycles. The molecule has 1 amide bonds. The van der Waals surface area contributed by atoms with Crippen molar-refractivity contribution in [3.63, 3.8) is 0 Å². The van der Waals surface area contributed by atoms with Crippen molar-refractivity contribution >= 4 is 17.0 Å². The summed E-state index contributed by atoms with van der Waals surface area (Å²) in [6, 6.07) is 7.32. The largest absolute Gasteiger partial charge is 0.419 e. The summed E-state index contributed by atoms with van der Waals surface area (Å²) in [5.41, 5.74) is 1.32. The third-order valence-electron chi connectivity index (χ3n) is 4.60. The number of aryl methyl sites for hydroxylation is 1. The van der Waals surface area contributed by atoms with Gasteiger partial charge in [-0.2, -0.15) is 0 Å². The molecule has 130 valence electrons. The van der Waals surface area contributed by atoms with Crippen LogP contribution in [0.15, 0.2) is 33.5 Å². The van der Waals surface area contributed by atoms with E-state index in [-0.39, 0.29) is 5.91 Å². The molecule has 1 aliphatic heterocycles. The van der Waals surface area contributed by atoms with E-state index in [1.165, 1.54) is 0 Å². The number of oxazole rings is 1. The summed E-state index contributed by atoms with van der Waals surface area (Å²) >= 11 is 0. The van der Waals surface area contributed by atoms with Crippen molar-refractivity contribution in [3.05, 3.63) is 34.8 Å². The molecule has 1 aliphatic rings. The maximum absolute atomic E-state index is 12.5. The van der Waals surface area contributed by atoms with Gasteiger partial charge < -0.3 is 14.2 Å². The highest BCUT2D eigenvalue weighted by molar-refractivity contribution is 5.77. The van der Waals surface area contributed by atoms with Gasteiger partial charge >= 0.3 is 5.76 Å². The maximum Gasteiger partial charge on any atom is 0.419 e. The maximum atomic E-state index is 12.5. The minimum atomic E-state index is -0.394. The van der Waals surface area contributed by atoms with E-state index in [9.17, 15) is 9.59 Å². The Balaban J connectivity index is 1.61. The van der Waals surface area contributed by atoms with Crippen LogP contribution in [0.2, 0.25) is 0 Å². The molecule has 3 rings (SSSR count). The van der Waals surface area contributed by atoms with Crippen molar-refractivity contribution in [2.75, 3.05) is 32.7 Å². The fraction of sp³-hybridized carbons (Fsp3) is 0.556. The normalized spacial score (nSPS) is 16.5. The van der Waals surface area contributed by atoms with Gasteiger partial charge in [0, 0.05) is 32.6 Å². The van der Waals surface area contributed by atoms with Crippen molar-refractivity contribution in [1.82, 2.24) is 14.4 Å². The summed E-state index contributed by atoms with van der Waals surface area (Å²) in [4.78, 5) is 28.8. The lowest BCUT2D eigenvalue weighted by molar-refractivity contribution is -0.131. The number of hydrogen-bond acceptors (Lipinski definition) is 4. The molecule has 0 spiro atoms. The van der Waals surface area contributed by atoms with E-state index >= 15 is 0 Å². The molecule has 6 heteroatoms. The van der Waals surface area contributed by atoms with Gasteiger partial charge in [0.05, 0.1) is 5.52 Å². The lowest BCUT2D eigenvalue weighted by atomic mass is 10.3. The summed E-state index contributed by atoms with van der Waals surface area (Å²) in [5.74, 6) is -0.278. The summed E-state index contributed by atoms with van der Waals surface area (Å²) in [7, 11) is 0. The van der Waals surface area contributed by atoms with Gasteiger partial charge in [-0.25, -0.2) is 4.79 Å². The van der Waals surface area contributed by atoms with E-state index in [0.29, 0.717) is 18.5 Å². The lowest BCUT2D eigenvalue weighted by Gasteiger charge is -2.21. The third kappa shape index (κ3) is 3.70. The Bertz CT molecular complexity index is 749. The molecule has 0 unspecified atom stereocenters. The zero-order valence-corrected chi connectivity index (χ0v) is 14.2. The minimum absolute atomic E-state index is 0.116. The van der Waals surface area contributed by atoms with E-state index in [1.807, 2.05) is 23.1 Å². The Morgan fingerprint density at radius 1 is 1.12 bits per heavy atom. The Kier molecular flexibility index (Phi) is 5.35. The minimum Gasteiger partial charge on any atom is -0.408 e. The molecule has 1 aromatic heterocycles. The number of rotatable bonds is 5. The van der Waals surface area contributed by atoms with Crippen LogP contribution in [0, 0.1) is 0 Å². The zero-order chi connectivity index (χ0) is 16.9. The molecule has 1 aromatic carbocycles. The van der Waals surface area contributed by atoms with Crippen LogP contribution in [0.25, 0.3) is 11.1 Å². The second-order valence-electron chi connectivity index (χ2n) is 6.31. The second kappa shape index (κ2) is 7.66. The van der Waals surface area contributed by atoms with Crippen molar-refractivity contribution in [1.29, 1.82) is 0 Å². The van der Waals surface area contributed by atoms with Crippen molar-refractivity contribution in [2.45, 2.75) is 32.7 Å².